The number of hydrogen-bond donors (Lipinski definition) is 1. The highest BCUT2D eigenvalue weighted by Crippen LogP contribution is 2.04. The minimum absolute atomic E-state index is 0.0765. The Morgan fingerprint density at radius 3 is 2.00 bits per heavy atom. The SMILES string of the molecule is C#CC(Cc1ccccc1)NCc1ccccc1. The van der Waals surface area contributed by atoms with Crippen LogP contribution in [-0.4, -0.2) is 6.04 Å². The molecule has 0 aliphatic carbocycles. The van der Waals surface area contributed by atoms with Crippen molar-refractivity contribution < 1.29 is 0 Å². The van der Waals surface area contributed by atoms with Gasteiger partial charge in [0, 0.05) is 6.54 Å². The van der Waals surface area contributed by atoms with Crippen molar-refractivity contribution in [3.05, 3.63) is 71.8 Å². The van der Waals surface area contributed by atoms with Gasteiger partial charge in [-0.2, -0.15) is 0 Å². The van der Waals surface area contributed by atoms with Crippen LogP contribution >= 0.6 is 0 Å². The highest BCUT2D eigenvalue weighted by Gasteiger charge is 2.05. The van der Waals surface area contributed by atoms with E-state index in [0.29, 0.717) is 0 Å². The van der Waals surface area contributed by atoms with Crippen molar-refractivity contribution in [3.8, 4) is 12.3 Å². The average molecular weight is 235 g/mol. The van der Waals surface area contributed by atoms with Gasteiger partial charge < -0.3 is 0 Å². The molecule has 0 fully saturated rings. The van der Waals surface area contributed by atoms with Gasteiger partial charge in [0.05, 0.1) is 6.04 Å². The van der Waals surface area contributed by atoms with Crippen LogP contribution in [0.5, 0.6) is 0 Å². The molecule has 0 spiro atoms. The molecule has 0 radical (unpaired) electrons. The maximum atomic E-state index is 5.57. The number of hydrogen-bond acceptors (Lipinski definition) is 1. The van der Waals surface area contributed by atoms with Crippen LogP contribution in [0.25, 0.3) is 0 Å². The molecular weight excluding hydrogens is 218 g/mol. The Kier molecular flexibility index (Phi) is 4.58. The predicted molar refractivity (Wildman–Crippen MR) is 76.0 cm³/mol. The molecule has 1 nitrogen and oxygen atoms in total. The van der Waals surface area contributed by atoms with Gasteiger partial charge in [-0.15, -0.1) is 6.42 Å². The molecule has 0 bridgehead atoms. The summed E-state index contributed by atoms with van der Waals surface area (Å²) in [6.45, 7) is 0.808. The molecule has 18 heavy (non-hydrogen) atoms. The molecule has 0 aliphatic rings. The average Bonchev–Trinajstić information content (AvgIpc) is 2.45. The summed E-state index contributed by atoms with van der Waals surface area (Å²) in [5.74, 6) is 2.81. The van der Waals surface area contributed by atoms with Gasteiger partial charge in [0.15, 0.2) is 0 Å². The van der Waals surface area contributed by atoms with E-state index >= 15 is 0 Å². The van der Waals surface area contributed by atoms with Crippen LogP contribution < -0.4 is 5.32 Å². The maximum absolute atomic E-state index is 5.57. The smallest absolute Gasteiger partial charge is 0.0730 e. The van der Waals surface area contributed by atoms with Gasteiger partial charge in [-0.1, -0.05) is 66.6 Å². The first-order chi connectivity index (χ1) is 8.88. The highest BCUT2D eigenvalue weighted by atomic mass is 14.9. The van der Waals surface area contributed by atoms with E-state index in [1.165, 1.54) is 11.1 Å². The Hall–Kier alpha value is -2.04. The van der Waals surface area contributed by atoms with Crippen LogP contribution in [0.3, 0.4) is 0 Å². The van der Waals surface area contributed by atoms with Crippen molar-refractivity contribution in [3.63, 3.8) is 0 Å². The highest BCUT2D eigenvalue weighted by molar-refractivity contribution is 5.20. The van der Waals surface area contributed by atoms with Crippen LogP contribution in [0.1, 0.15) is 11.1 Å². The Bertz CT molecular complexity index is 496. The summed E-state index contributed by atoms with van der Waals surface area (Å²) in [5.41, 5.74) is 2.52. The largest absolute Gasteiger partial charge is 0.299 e. The second-order valence-corrected chi connectivity index (χ2v) is 4.28. The van der Waals surface area contributed by atoms with Gasteiger partial charge in [-0.05, 0) is 17.5 Å². The number of terminal acetylenes is 1. The fourth-order valence-electron chi connectivity index (χ4n) is 1.88. The molecule has 0 saturated heterocycles. The lowest BCUT2D eigenvalue weighted by Gasteiger charge is -2.13. The third-order valence-corrected chi connectivity index (χ3v) is 2.88. The summed E-state index contributed by atoms with van der Waals surface area (Å²) in [6.07, 6.45) is 6.44. The summed E-state index contributed by atoms with van der Waals surface area (Å²) >= 11 is 0. The predicted octanol–water partition coefficient (Wildman–Crippen LogP) is 3.02. The molecule has 0 saturated carbocycles. The summed E-state index contributed by atoms with van der Waals surface area (Å²) in [5, 5.41) is 3.40. The number of nitrogens with one attached hydrogen (secondary N) is 1. The number of rotatable bonds is 5. The van der Waals surface area contributed by atoms with E-state index in [-0.39, 0.29) is 6.04 Å². The molecule has 0 heterocycles. The quantitative estimate of drug-likeness (QED) is 0.785. The van der Waals surface area contributed by atoms with Crippen LogP contribution in [0, 0.1) is 12.3 Å². The van der Waals surface area contributed by atoms with Crippen molar-refractivity contribution in [2.45, 2.75) is 19.0 Å². The molecule has 2 rings (SSSR count). The lowest BCUT2D eigenvalue weighted by atomic mass is 10.1. The molecule has 0 aromatic heterocycles. The monoisotopic (exact) mass is 235 g/mol. The number of benzene rings is 2. The Morgan fingerprint density at radius 2 is 1.44 bits per heavy atom. The van der Waals surface area contributed by atoms with Crippen molar-refractivity contribution in [1.82, 2.24) is 5.32 Å². The van der Waals surface area contributed by atoms with Crippen LogP contribution in [0.15, 0.2) is 60.7 Å². The van der Waals surface area contributed by atoms with Crippen LogP contribution in [0.2, 0.25) is 0 Å². The van der Waals surface area contributed by atoms with Gasteiger partial charge >= 0.3 is 0 Å². The molecule has 1 unspecified atom stereocenters. The first-order valence-electron chi connectivity index (χ1n) is 6.16. The fraction of sp³-hybridized carbons (Fsp3) is 0.176. The third-order valence-electron chi connectivity index (χ3n) is 2.88. The summed E-state index contributed by atoms with van der Waals surface area (Å²) in [7, 11) is 0. The lowest BCUT2D eigenvalue weighted by molar-refractivity contribution is 0.604. The van der Waals surface area contributed by atoms with E-state index in [0.717, 1.165) is 13.0 Å². The first-order valence-corrected chi connectivity index (χ1v) is 6.16. The molecule has 2 aromatic carbocycles. The van der Waals surface area contributed by atoms with Gasteiger partial charge in [0.2, 0.25) is 0 Å². The van der Waals surface area contributed by atoms with Gasteiger partial charge in [0.1, 0.15) is 0 Å². The van der Waals surface area contributed by atoms with Crippen molar-refractivity contribution >= 4 is 0 Å². The van der Waals surface area contributed by atoms with E-state index in [4.69, 9.17) is 6.42 Å². The Morgan fingerprint density at radius 1 is 0.889 bits per heavy atom. The zero-order chi connectivity index (χ0) is 12.6. The van der Waals surface area contributed by atoms with Gasteiger partial charge in [0.25, 0.3) is 0 Å². The van der Waals surface area contributed by atoms with E-state index in [9.17, 15) is 0 Å². The van der Waals surface area contributed by atoms with Crippen molar-refractivity contribution in [2.75, 3.05) is 0 Å². The molecule has 2 aromatic rings. The molecule has 90 valence electrons. The normalized spacial score (nSPS) is 11.7. The van der Waals surface area contributed by atoms with Crippen LogP contribution in [0.4, 0.5) is 0 Å². The van der Waals surface area contributed by atoms with Crippen molar-refractivity contribution in [1.29, 1.82) is 0 Å². The molecule has 0 amide bonds. The molecule has 0 aliphatic heterocycles. The fourth-order valence-corrected chi connectivity index (χ4v) is 1.88. The first kappa shape index (κ1) is 12.4. The molecule has 1 atom stereocenters. The standard InChI is InChI=1S/C17H17N/c1-2-17(13-15-9-5-3-6-10-15)18-14-16-11-7-4-8-12-16/h1,3-12,17-18H,13-14H2. The van der Waals surface area contributed by atoms with E-state index in [1.807, 2.05) is 36.4 Å². The van der Waals surface area contributed by atoms with Gasteiger partial charge in [-0.3, -0.25) is 5.32 Å². The summed E-state index contributed by atoms with van der Waals surface area (Å²) < 4.78 is 0. The lowest BCUT2D eigenvalue weighted by Crippen LogP contribution is -2.29. The van der Waals surface area contributed by atoms with Gasteiger partial charge in [-0.25, -0.2) is 0 Å². The second-order valence-electron chi connectivity index (χ2n) is 4.28. The molecular formula is C17H17N. The minimum atomic E-state index is 0.0765. The van der Waals surface area contributed by atoms with E-state index < -0.39 is 0 Å². The molecule has 1 heteroatoms. The molecule has 1 N–H and O–H groups in total. The van der Waals surface area contributed by atoms with Crippen molar-refractivity contribution in [2.24, 2.45) is 0 Å². The van der Waals surface area contributed by atoms with E-state index in [2.05, 4.69) is 35.5 Å². The minimum Gasteiger partial charge on any atom is -0.299 e. The Labute approximate surface area is 109 Å². The summed E-state index contributed by atoms with van der Waals surface area (Å²) in [4.78, 5) is 0. The summed E-state index contributed by atoms with van der Waals surface area (Å²) in [6, 6.07) is 20.7. The Balaban J connectivity index is 1.89. The topological polar surface area (TPSA) is 12.0 Å². The second kappa shape index (κ2) is 6.64. The zero-order valence-corrected chi connectivity index (χ0v) is 10.3. The third kappa shape index (κ3) is 3.76. The maximum Gasteiger partial charge on any atom is 0.0730 e. The zero-order valence-electron chi connectivity index (χ0n) is 10.3. The van der Waals surface area contributed by atoms with E-state index in [1.54, 1.807) is 0 Å². The van der Waals surface area contributed by atoms with Crippen LogP contribution in [-0.2, 0) is 13.0 Å².